The minimum Gasteiger partial charge on any atom is -0.311 e. The zero-order valence-electron chi connectivity index (χ0n) is 14.0. The number of amides is 1. The van der Waals surface area contributed by atoms with Gasteiger partial charge in [-0.05, 0) is 40.5 Å². The molecule has 1 aliphatic heterocycles. The van der Waals surface area contributed by atoms with Crippen molar-refractivity contribution in [2.75, 3.05) is 0 Å². The van der Waals surface area contributed by atoms with E-state index in [1.165, 1.54) is 12.1 Å². The molecular weight excluding hydrogens is 489 g/mol. The van der Waals surface area contributed by atoms with E-state index in [1.54, 1.807) is 13.0 Å². The average Bonchev–Trinajstić information content (AvgIpc) is 3.01. The van der Waals surface area contributed by atoms with Crippen LogP contribution >= 0.6 is 27.5 Å². The molecule has 2 heterocycles. The summed E-state index contributed by atoms with van der Waals surface area (Å²) in [4.78, 5) is 16.0. The first kappa shape index (κ1) is 20.7. The normalized spacial score (nSPS) is 14.5. The third-order valence-electron chi connectivity index (χ3n) is 3.73. The Hall–Kier alpha value is -2.05. The van der Waals surface area contributed by atoms with Crippen LogP contribution < -0.4 is 4.72 Å². The van der Waals surface area contributed by atoms with Crippen LogP contribution in [0.25, 0.3) is 5.03 Å². The van der Waals surface area contributed by atoms with Crippen LogP contribution in [0.15, 0.2) is 40.0 Å². The number of nitrogens with one attached hydrogen (secondary N) is 1. The number of carbonyl (C=O) groups is 1. The van der Waals surface area contributed by atoms with Gasteiger partial charge in [0.05, 0.1) is 5.03 Å². The van der Waals surface area contributed by atoms with E-state index in [-0.39, 0.29) is 25.1 Å². The molecular formula is C15H11BrClF3N4O3S. The van der Waals surface area contributed by atoms with Gasteiger partial charge in [0.15, 0.2) is 5.82 Å². The first-order valence-electron chi connectivity index (χ1n) is 7.50. The van der Waals surface area contributed by atoms with E-state index in [1.807, 2.05) is 4.72 Å². The van der Waals surface area contributed by atoms with Gasteiger partial charge in [-0.15, -0.1) is 0 Å². The molecule has 3 rings (SSSR count). The van der Waals surface area contributed by atoms with E-state index in [4.69, 9.17) is 11.6 Å². The number of nitrogens with zero attached hydrogens (tertiary/aromatic N) is 3. The van der Waals surface area contributed by atoms with E-state index >= 15 is 0 Å². The second-order valence-electron chi connectivity index (χ2n) is 5.84. The van der Waals surface area contributed by atoms with Crippen molar-refractivity contribution >= 4 is 48.5 Å². The number of halogens is 5. The summed E-state index contributed by atoms with van der Waals surface area (Å²) in [6.45, 7) is 1.00. The van der Waals surface area contributed by atoms with Crippen molar-refractivity contribution in [1.82, 2.24) is 19.2 Å². The Kier molecular flexibility index (Phi) is 5.23. The van der Waals surface area contributed by atoms with E-state index < -0.39 is 34.6 Å². The summed E-state index contributed by atoms with van der Waals surface area (Å²) in [5.41, 5.74) is 0.260. The number of rotatable bonds is 3. The predicted octanol–water partition coefficient (Wildman–Crippen LogP) is 3.40. The Bertz CT molecular complexity index is 1100. The van der Waals surface area contributed by atoms with Crippen LogP contribution in [-0.4, -0.2) is 35.1 Å². The zero-order chi connectivity index (χ0) is 20.9. The second kappa shape index (κ2) is 7.08. The van der Waals surface area contributed by atoms with Gasteiger partial charge in [-0.1, -0.05) is 17.7 Å². The molecule has 1 aromatic carbocycles. The van der Waals surface area contributed by atoms with E-state index in [0.717, 1.165) is 10.8 Å². The van der Waals surface area contributed by atoms with Crippen LogP contribution in [0.1, 0.15) is 21.9 Å². The maximum absolute atomic E-state index is 12.9. The molecule has 150 valence electrons. The van der Waals surface area contributed by atoms with Crippen molar-refractivity contribution in [3.05, 3.63) is 52.2 Å². The lowest BCUT2D eigenvalue weighted by Crippen LogP contribution is -2.37. The number of benzene rings is 1. The monoisotopic (exact) mass is 498 g/mol. The standard InChI is InChI=1S/C15H11BrClF3N4O3S/c1-8-2-3-9(16)12(4-8)28(26,27)22-14(25)11-6-23-7-24(15(18,19)20)5-10(17)13(23)21-11/h2-6H,7H2,1H3,(H,22,25). The minimum absolute atomic E-state index is 0.00625. The average molecular weight is 500 g/mol. The van der Waals surface area contributed by atoms with Crippen LogP contribution in [0, 0.1) is 6.92 Å². The Balaban J connectivity index is 1.88. The van der Waals surface area contributed by atoms with Crippen molar-refractivity contribution in [2.24, 2.45) is 0 Å². The summed E-state index contributed by atoms with van der Waals surface area (Å²) >= 11 is 8.92. The first-order chi connectivity index (χ1) is 12.9. The maximum Gasteiger partial charge on any atom is 0.485 e. The van der Waals surface area contributed by atoms with Gasteiger partial charge in [0.1, 0.15) is 17.3 Å². The highest BCUT2D eigenvalue weighted by atomic mass is 79.9. The van der Waals surface area contributed by atoms with Crippen LogP contribution in [-0.2, 0) is 16.7 Å². The van der Waals surface area contributed by atoms with E-state index in [0.29, 0.717) is 11.8 Å². The highest BCUT2D eigenvalue weighted by Gasteiger charge is 2.38. The molecule has 28 heavy (non-hydrogen) atoms. The Labute approximate surface area is 171 Å². The number of alkyl halides is 3. The molecule has 0 saturated carbocycles. The lowest BCUT2D eigenvalue weighted by atomic mass is 10.2. The molecule has 13 heteroatoms. The summed E-state index contributed by atoms with van der Waals surface area (Å²) in [5.74, 6) is -1.18. The van der Waals surface area contributed by atoms with Gasteiger partial charge in [-0.3, -0.25) is 9.69 Å². The van der Waals surface area contributed by atoms with Crippen LogP contribution in [0.4, 0.5) is 13.2 Å². The van der Waals surface area contributed by atoms with Gasteiger partial charge in [0.2, 0.25) is 0 Å². The molecule has 0 bridgehead atoms. The smallest absolute Gasteiger partial charge is 0.311 e. The van der Waals surface area contributed by atoms with Gasteiger partial charge in [0.25, 0.3) is 15.9 Å². The molecule has 0 saturated heterocycles. The number of imidazole rings is 1. The fourth-order valence-corrected chi connectivity index (χ4v) is 4.70. The number of sulfonamides is 1. The fourth-order valence-electron chi connectivity index (χ4n) is 2.42. The number of carbonyl (C=O) groups excluding carboxylic acids is 1. The fraction of sp³-hybridized carbons (Fsp3) is 0.200. The molecule has 1 N–H and O–H groups in total. The summed E-state index contributed by atoms with van der Waals surface area (Å²) in [6.07, 6.45) is -3.03. The summed E-state index contributed by atoms with van der Waals surface area (Å²) in [5, 5.41) is -0.341. The molecule has 2 aromatic rings. The van der Waals surface area contributed by atoms with Gasteiger partial charge >= 0.3 is 6.30 Å². The van der Waals surface area contributed by atoms with Crippen molar-refractivity contribution in [1.29, 1.82) is 0 Å². The Morgan fingerprint density at radius 2 is 2.04 bits per heavy atom. The minimum atomic E-state index is -4.68. The summed E-state index contributed by atoms with van der Waals surface area (Å²) < 4.78 is 66.7. The topological polar surface area (TPSA) is 84.3 Å². The molecule has 0 fully saturated rings. The number of fused-ring (bicyclic) bond motifs is 1. The largest absolute Gasteiger partial charge is 0.485 e. The molecule has 0 unspecified atom stereocenters. The summed E-state index contributed by atoms with van der Waals surface area (Å²) in [7, 11) is -4.24. The third-order valence-corrected chi connectivity index (χ3v) is 6.32. The first-order valence-corrected chi connectivity index (χ1v) is 10.2. The van der Waals surface area contributed by atoms with Crippen LogP contribution in [0.3, 0.4) is 0 Å². The van der Waals surface area contributed by atoms with E-state index in [9.17, 15) is 26.4 Å². The molecule has 1 aliphatic rings. The molecule has 0 atom stereocenters. The van der Waals surface area contributed by atoms with Crippen molar-refractivity contribution in [3.8, 4) is 0 Å². The molecule has 0 spiro atoms. The molecule has 0 radical (unpaired) electrons. The van der Waals surface area contributed by atoms with E-state index in [2.05, 4.69) is 20.9 Å². The second-order valence-corrected chi connectivity index (χ2v) is 8.76. The van der Waals surface area contributed by atoms with Crippen molar-refractivity contribution in [2.45, 2.75) is 24.8 Å². The van der Waals surface area contributed by atoms with Crippen molar-refractivity contribution < 1.29 is 26.4 Å². The lowest BCUT2D eigenvalue weighted by molar-refractivity contribution is -0.237. The molecule has 1 aromatic heterocycles. The molecule has 1 amide bonds. The SMILES string of the molecule is Cc1ccc(Br)c(S(=O)(=O)NC(=O)c2cn3c(n2)C(Cl)=CN(C(F)(F)F)C3)c1. The zero-order valence-corrected chi connectivity index (χ0v) is 17.1. The third kappa shape index (κ3) is 4.03. The molecule has 0 aliphatic carbocycles. The number of aromatic nitrogens is 2. The van der Waals surface area contributed by atoms with Gasteiger partial charge in [0, 0.05) is 16.9 Å². The highest BCUT2D eigenvalue weighted by molar-refractivity contribution is 9.10. The Morgan fingerprint density at radius 1 is 1.36 bits per heavy atom. The predicted molar refractivity (Wildman–Crippen MR) is 97.5 cm³/mol. The summed E-state index contributed by atoms with van der Waals surface area (Å²) in [6, 6.07) is 4.55. The van der Waals surface area contributed by atoms with Gasteiger partial charge < -0.3 is 4.57 Å². The molecule has 7 nitrogen and oxygen atoms in total. The number of hydrogen-bond acceptors (Lipinski definition) is 5. The quantitative estimate of drug-likeness (QED) is 0.655. The van der Waals surface area contributed by atoms with Crippen LogP contribution in [0.5, 0.6) is 0 Å². The highest BCUT2D eigenvalue weighted by Crippen LogP contribution is 2.31. The van der Waals surface area contributed by atoms with Gasteiger partial charge in [-0.2, -0.15) is 13.2 Å². The van der Waals surface area contributed by atoms with Gasteiger partial charge in [-0.25, -0.2) is 18.1 Å². The van der Waals surface area contributed by atoms with Crippen LogP contribution in [0.2, 0.25) is 0 Å². The number of aryl methyl sites for hydroxylation is 1. The maximum atomic E-state index is 12.9. The number of hydrogen-bond donors (Lipinski definition) is 1. The van der Waals surface area contributed by atoms with Crippen molar-refractivity contribution in [3.63, 3.8) is 0 Å². The Morgan fingerprint density at radius 3 is 2.68 bits per heavy atom. The lowest BCUT2D eigenvalue weighted by Gasteiger charge is -2.27.